The van der Waals surface area contributed by atoms with Crippen LogP contribution in [0.4, 0.5) is 0 Å². The molecule has 0 bridgehead atoms. The van der Waals surface area contributed by atoms with E-state index in [0.29, 0.717) is 36.1 Å². The maximum absolute atomic E-state index is 12.0. The van der Waals surface area contributed by atoms with E-state index in [-0.39, 0.29) is 5.78 Å². The number of nitrogens with zero attached hydrogens (tertiary/aromatic N) is 1. The van der Waals surface area contributed by atoms with Crippen LogP contribution in [0.3, 0.4) is 0 Å². The van der Waals surface area contributed by atoms with Gasteiger partial charge in [0.1, 0.15) is 12.4 Å². The van der Waals surface area contributed by atoms with Gasteiger partial charge in [-0.2, -0.15) is 0 Å². The molecular weight excluding hydrogens is 338 g/mol. The van der Waals surface area contributed by atoms with Crippen molar-refractivity contribution in [3.63, 3.8) is 0 Å². The van der Waals surface area contributed by atoms with Crippen LogP contribution < -0.4 is 4.74 Å². The largest absolute Gasteiger partial charge is 0.494 e. The molecule has 25 heavy (non-hydrogen) atoms. The average molecular weight is 358 g/mol. The lowest BCUT2D eigenvalue weighted by atomic mass is 10.1. The summed E-state index contributed by atoms with van der Waals surface area (Å²) < 4.78 is 11.1. The first-order chi connectivity index (χ1) is 12.2. The van der Waals surface area contributed by atoms with E-state index in [1.54, 1.807) is 24.3 Å². The molecular formula is C20H20ClNO3. The standard InChI is InChI=1S/C20H20ClNO3/c21-17-8-4-15(5-9-17)19(23)3-1-2-13-24-18-10-6-16(7-11-18)20-22-12-14-25-20/h4-11H,1-3,12-14H2. The molecule has 130 valence electrons. The van der Waals surface area contributed by atoms with Gasteiger partial charge in [-0.3, -0.25) is 4.79 Å². The molecule has 0 atom stereocenters. The van der Waals surface area contributed by atoms with Crippen LogP contribution >= 0.6 is 11.6 Å². The number of benzene rings is 2. The normalized spacial score (nSPS) is 13.2. The minimum Gasteiger partial charge on any atom is -0.494 e. The Morgan fingerprint density at radius 1 is 1.08 bits per heavy atom. The predicted molar refractivity (Wildman–Crippen MR) is 98.9 cm³/mol. The van der Waals surface area contributed by atoms with Crippen molar-refractivity contribution in [3.8, 4) is 5.75 Å². The van der Waals surface area contributed by atoms with Crippen molar-refractivity contribution in [2.45, 2.75) is 19.3 Å². The second-order valence-electron chi connectivity index (χ2n) is 5.80. The summed E-state index contributed by atoms with van der Waals surface area (Å²) in [6.07, 6.45) is 2.14. The number of unbranched alkanes of at least 4 members (excludes halogenated alkanes) is 1. The van der Waals surface area contributed by atoms with Gasteiger partial charge in [-0.05, 0) is 61.4 Å². The number of ketones is 1. The third kappa shape index (κ3) is 5.07. The molecule has 2 aromatic carbocycles. The first kappa shape index (κ1) is 17.5. The van der Waals surface area contributed by atoms with Gasteiger partial charge in [0.05, 0.1) is 13.2 Å². The Hall–Kier alpha value is -2.33. The molecule has 0 aliphatic carbocycles. The molecule has 0 aromatic heterocycles. The van der Waals surface area contributed by atoms with Gasteiger partial charge in [-0.15, -0.1) is 0 Å². The van der Waals surface area contributed by atoms with Crippen LogP contribution in [-0.2, 0) is 4.74 Å². The van der Waals surface area contributed by atoms with Crippen LogP contribution in [0.15, 0.2) is 53.5 Å². The minimum absolute atomic E-state index is 0.137. The monoisotopic (exact) mass is 357 g/mol. The first-order valence-corrected chi connectivity index (χ1v) is 8.79. The fourth-order valence-electron chi connectivity index (χ4n) is 2.56. The smallest absolute Gasteiger partial charge is 0.216 e. The van der Waals surface area contributed by atoms with E-state index in [9.17, 15) is 4.79 Å². The summed E-state index contributed by atoms with van der Waals surface area (Å²) in [7, 11) is 0. The van der Waals surface area contributed by atoms with Crippen molar-refractivity contribution < 1.29 is 14.3 Å². The van der Waals surface area contributed by atoms with Gasteiger partial charge >= 0.3 is 0 Å². The van der Waals surface area contributed by atoms with Gasteiger partial charge in [-0.25, -0.2) is 4.99 Å². The topological polar surface area (TPSA) is 47.9 Å². The van der Waals surface area contributed by atoms with Crippen molar-refractivity contribution in [1.29, 1.82) is 0 Å². The van der Waals surface area contributed by atoms with Gasteiger partial charge in [0, 0.05) is 22.6 Å². The van der Waals surface area contributed by atoms with Crippen molar-refractivity contribution in [2.24, 2.45) is 4.99 Å². The van der Waals surface area contributed by atoms with Crippen molar-refractivity contribution >= 4 is 23.3 Å². The van der Waals surface area contributed by atoms with E-state index in [1.165, 1.54) is 0 Å². The summed E-state index contributed by atoms with van der Waals surface area (Å²) in [5.74, 6) is 1.65. The quantitative estimate of drug-likeness (QED) is 0.514. The molecule has 0 fully saturated rings. The molecule has 3 rings (SSSR count). The van der Waals surface area contributed by atoms with Crippen LogP contribution in [0, 0.1) is 0 Å². The van der Waals surface area contributed by atoms with Gasteiger partial charge in [0.15, 0.2) is 5.78 Å². The SMILES string of the molecule is O=C(CCCCOc1ccc(C2=NCCO2)cc1)c1ccc(Cl)cc1. The summed E-state index contributed by atoms with van der Waals surface area (Å²) in [5.41, 5.74) is 1.68. The molecule has 1 aliphatic rings. The van der Waals surface area contributed by atoms with E-state index >= 15 is 0 Å². The lowest BCUT2D eigenvalue weighted by molar-refractivity contribution is 0.0978. The number of Topliss-reactive ketones (excluding diaryl/α,β-unsaturated/α-hetero) is 1. The predicted octanol–water partition coefficient (Wildman–Crippen LogP) is 4.55. The fraction of sp³-hybridized carbons (Fsp3) is 0.300. The third-order valence-corrected chi connectivity index (χ3v) is 4.17. The molecule has 0 radical (unpaired) electrons. The molecule has 1 aliphatic heterocycles. The lowest BCUT2D eigenvalue weighted by Crippen LogP contribution is -2.03. The Kier molecular flexibility index (Phi) is 6.07. The number of carbonyl (C=O) groups is 1. The number of carbonyl (C=O) groups excluding carboxylic acids is 1. The summed E-state index contributed by atoms with van der Waals surface area (Å²) in [6, 6.07) is 14.7. The van der Waals surface area contributed by atoms with Gasteiger partial charge in [0.25, 0.3) is 0 Å². The van der Waals surface area contributed by atoms with Crippen molar-refractivity contribution in [2.75, 3.05) is 19.8 Å². The average Bonchev–Trinajstić information content (AvgIpc) is 3.17. The molecule has 5 heteroatoms. The second kappa shape index (κ2) is 8.67. The van der Waals surface area contributed by atoms with Gasteiger partial charge < -0.3 is 9.47 Å². The molecule has 0 amide bonds. The van der Waals surface area contributed by atoms with E-state index in [1.807, 2.05) is 24.3 Å². The second-order valence-corrected chi connectivity index (χ2v) is 6.23. The van der Waals surface area contributed by atoms with E-state index in [0.717, 1.165) is 30.7 Å². The summed E-state index contributed by atoms with van der Waals surface area (Å²) in [6.45, 7) is 1.97. The van der Waals surface area contributed by atoms with Crippen molar-refractivity contribution in [3.05, 3.63) is 64.7 Å². The highest BCUT2D eigenvalue weighted by molar-refractivity contribution is 6.30. The van der Waals surface area contributed by atoms with Crippen LogP contribution in [0.1, 0.15) is 35.2 Å². The Balaban J connectivity index is 1.37. The molecule has 0 saturated heterocycles. The molecule has 0 spiro atoms. The van der Waals surface area contributed by atoms with Gasteiger partial charge in [-0.1, -0.05) is 11.6 Å². The van der Waals surface area contributed by atoms with Gasteiger partial charge in [0.2, 0.25) is 5.90 Å². The maximum Gasteiger partial charge on any atom is 0.216 e. The highest BCUT2D eigenvalue weighted by atomic mass is 35.5. The summed E-state index contributed by atoms with van der Waals surface area (Å²) >= 11 is 5.83. The van der Waals surface area contributed by atoms with E-state index < -0.39 is 0 Å². The molecule has 4 nitrogen and oxygen atoms in total. The zero-order valence-electron chi connectivity index (χ0n) is 13.9. The number of ether oxygens (including phenoxy) is 2. The lowest BCUT2D eigenvalue weighted by Gasteiger charge is -2.07. The van der Waals surface area contributed by atoms with Crippen LogP contribution in [0.5, 0.6) is 5.75 Å². The maximum atomic E-state index is 12.0. The third-order valence-electron chi connectivity index (χ3n) is 3.92. The first-order valence-electron chi connectivity index (χ1n) is 8.41. The fourth-order valence-corrected chi connectivity index (χ4v) is 2.69. The molecule has 1 heterocycles. The number of halogens is 1. The zero-order chi connectivity index (χ0) is 17.5. The summed E-state index contributed by atoms with van der Waals surface area (Å²) in [4.78, 5) is 16.3. The van der Waals surface area contributed by atoms with E-state index in [4.69, 9.17) is 21.1 Å². The Labute approximate surface area is 152 Å². The molecule has 2 aromatic rings. The number of hydrogen-bond donors (Lipinski definition) is 0. The molecule has 0 N–H and O–H groups in total. The zero-order valence-corrected chi connectivity index (χ0v) is 14.7. The van der Waals surface area contributed by atoms with Crippen molar-refractivity contribution in [1.82, 2.24) is 0 Å². The highest BCUT2D eigenvalue weighted by Gasteiger charge is 2.10. The highest BCUT2D eigenvalue weighted by Crippen LogP contribution is 2.16. The molecule has 0 saturated carbocycles. The minimum atomic E-state index is 0.137. The van der Waals surface area contributed by atoms with E-state index in [2.05, 4.69) is 4.99 Å². The number of aliphatic imine (C=N–C) groups is 1. The number of rotatable bonds is 8. The summed E-state index contributed by atoms with van der Waals surface area (Å²) in [5, 5.41) is 0.641. The van der Waals surface area contributed by atoms with Crippen LogP contribution in [-0.4, -0.2) is 31.4 Å². The Morgan fingerprint density at radius 2 is 1.84 bits per heavy atom. The molecule has 0 unspecified atom stereocenters. The van der Waals surface area contributed by atoms with Crippen LogP contribution in [0.2, 0.25) is 5.02 Å². The Morgan fingerprint density at radius 3 is 2.52 bits per heavy atom. The Bertz CT molecular complexity index is 739. The van der Waals surface area contributed by atoms with Crippen LogP contribution in [0.25, 0.3) is 0 Å². The number of hydrogen-bond acceptors (Lipinski definition) is 4.